The molecular formula is C20H18N2O4. The summed E-state index contributed by atoms with van der Waals surface area (Å²) in [5, 5.41) is 2.38. The number of hydrogen-bond donors (Lipinski definition) is 0. The van der Waals surface area contributed by atoms with Crippen LogP contribution in [0.5, 0.6) is 0 Å². The highest BCUT2D eigenvalue weighted by atomic mass is 16.2. The van der Waals surface area contributed by atoms with Crippen LogP contribution < -0.4 is 22.2 Å². The average molecular weight is 350 g/mol. The Labute approximate surface area is 147 Å². The number of aromatic nitrogens is 2. The van der Waals surface area contributed by atoms with Crippen LogP contribution in [0.3, 0.4) is 0 Å². The molecule has 0 bridgehead atoms. The molecule has 6 nitrogen and oxygen atoms in total. The first-order chi connectivity index (χ1) is 12.3. The van der Waals surface area contributed by atoms with Gasteiger partial charge in [-0.05, 0) is 50.6 Å². The van der Waals surface area contributed by atoms with Crippen molar-refractivity contribution in [3.63, 3.8) is 0 Å². The van der Waals surface area contributed by atoms with Gasteiger partial charge in [-0.2, -0.15) is 0 Å². The Morgan fingerprint density at radius 3 is 1.15 bits per heavy atom. The Hall–Kier alpha value is -3.02. The minimum atomic E-state index is -0.358. The maximum Gasteiger partial charge on any atom is 0.262 e. The SMILES string of the molecule is CC(C)n1c(=O)c2ccc3c(ccc4c(=O)n(C(C)C)c(=O)c43)c2c1=O. The molecule has 0 aliphatic rings. The van der Waals surface area contributed by atoms with E-state index in [1.54, 1.807) is 52.0 Å². The molecule has 0 unspecified atom stereocenters. The summed E-state index contributed by atoms with van der Waals surface area (Å²) < 4.78 is 2.45. The molecule has 0 fully saturated rings. The van der Waals surface area contributed by atoms with Crippen LogP contribution in [0.1, 0.15) is 39.8 Å². The molecule has 0 radical (unpaired) electrons. The molecule has 4 aromatic rings. The summed E-state index contributed by atoms with van der Waals surface area (Å²) in [6.07, 6.45) is 0. The lowest BCUT2D eigenvalue weighted by molar-refractivity contribution is 0.574. The van der Waals surface area contributed by atoms with Crippen LogP contribution >= 0.6 is 0 Å². The monoisotopic (exact) mass is 350 g/mol. The summed E-state index contributed by atoms with van der Waals surface area (Å²) in [5.74, 6) is 0. The third kappa shape index (κ3) is 1.87. The summed E-state index contributed by atoms with van der Waals surface area (Å²) in [4.78, 5) is 50.8. The molecule has 0 amide bonds. The van der Waals surface area contributed by atoms with Gasteiger partial charge < -0.3 is 0 Å². The predicted molar refractivity (Wildman–Crippen MR) is 103 cm³/mol. The summed E-state index contributed by atoms with van der Waals surface area (Å²) >= 11 is 0. The van der Waals surface area contributed by atoms with Gasteiger partial charge >= 0.3 is 0 Å². The normalized spacial score (nSPS) is 12.4. The molecule has 4 rings (SSSR count). The largest absolute Gasteiger partial charge is 0.272 e. The van der Waals surface area contributed by atoms with E-state index >= 15 is 0 Å². The van der Waals surface area contributed by atoms with Crippen molar-refractivity contribution in [2.45, 2.75) is 39.8 Å². The molecule has 2 heterocycles. The Kier molecular flexibility index (Phi) is 3.31. The van der Waals surface area contributed by atoms with Crippen LogP contribution in [0.2, 0.25) is 0 Å². The Balaban J connectivity index is 2.30. The first kappa shape index (κ1) is 16.4. The summed E-state index contributed by atoms with van der Waals surface area (Å²) in [5.41, 5.74) is -1.37. The Bertz CT molecular complexity index is 1300. The van der Waals surface area contributed by atoms with Crippen molar-refractivity contribution in [1.82, 2.24) is 9.13 Å². The van der Waals surface area contributed by atoms with Gasteiger partial charge in [0.2, 0.25) is 0 Å². The molecule has 2 aromatic carbocycles. The zero-order chi connectivity index (χ0) is 18.9. The summed E-state index contributed by atoms with van der Waals surface area (Å²) in [6, 6.07) is 5.97. The predicted octanol–water partition coefficient (Wildman–Crippen LogP) is 2.23. The van der Waals surface area contributed by atoms with E-state index in [1.165, 1.54) is 9.13 Å². The molecule has 0 aliphatic heterocycles. The van der Waals surface area contributed by atoms with E-state index in [0.29, 0.717) is 32.3 Å². The highest BCUT2D eigenvalue weighted by Crippen LogP contribution is 2.27. The van der Waals surface area contributed by atoms with Gasteiger partial charge in [-0.3, -0.25) is 28.3 Å². The van der Waals surface area contributed by atoms with E-state index in [2.05, 4.69) is 0 Å². The van der Waals surface area contributed by atoms with Crippen LogP contribution in [-0.4, -0.2) is 9.13 Å². The quantitative estimate of drug-likeness (QED) is 0.555. The van der Waals surface area contributed by atoms with E-state index in [0.717, 1.165) is 0 Å². The van der Waals surface area contributed by atoms with E-state index < -0.39 is 0 Å². The van der Waals surface area contributed by atoms with Gasteiger partial charge in [0, 0.05) is 12.1 Å². The van der Waals surface area contributed by atoms with E-state index in [4.69, 9.17) is 0 Å². The van der Waals surface area contributed by atoms with Crippen molar-refractivity contribution in [2.24, 2.45) is 0 Å². The number of fused-ring (bicyclic) bond motifs is 5. The van der Waals surface area contributed by atoms with Gasteiger partial charge in [0.1, 0.15) is 0 Å². The van der Waals surface area contributed by atoms with Gasteiger partial charge in [0.05, 0.1) is 21.5 Å². The Morgan fingerprint density at radius 1 is 0.538 bits per heavy atom. The molecule has 26 heavy (non-hydrogen) atoms. The standard InChI is InChI=1S/C20H18N2O4/c1-9(2)21-17(23)13-7-5-12-11(15(13)19(21)25)6-8-14-16(12)20(26)22(10(3)4)18(14)24/h5-10H,1-4H3. The summed E-state index contributed by atoms with van der Waals surface area (Å²) in [7, 11) is 0. The van der Waals surface area contributed by atoms with E-state index in [9.17, 15) is 19.2 Å². The maximum absolute atomic E-state index is 12.8. The molecule has 6 heteroatoms. The molecule has 0 N–H and O–H groups in total. The van der Waals surface area contributed by atoms with Crippen LogP contribution in [0.4, 0.5) is 0 Å². The second kappa shape index (κ2) is 5.24. The molecule has 0 saturated heterocycles. The highest BCUT2D eigenvalue weighted by molar-refractivity contribution is 6.17. The van der Waals surface area contributed by atoms with Gasteiger partial charge in [-0.25, -0.2) is 0 Å². The smallest absolute Gasteiger partial charge is 0.262 e. The second-order valence-corrected chi connectivity index (χ2v) is 7.22. The van der Waals surface area contributed by atoms with Crippen molar-refractivity contribution in [3.05, 3.63) is 65.7 Å². The fourth-order valence-corrected chi connectivity index (χ4v) is 3.85. The second-order valence-electron chi connectivity index (χ2n) is 7.22. The number of rotatable bonds is 2. The van der Waals surface area contributed by atoms with Crippen molar-refractivity contribution in [2.75, 3.05) is 0 Å². The van der Waals surface area contributed by atoms with Crippen molar-refractivity contribution in [3.8, 4) is 0 Å². The third-order valence-electron chi connectivity index (χ3n) is 5.00. The lowest BCUT2D eigenvalue weighted by Crippen LogP contribution is -2.27. The van der Waals surface area contributed by atoms with Crippen molar-refractivity contribution in [1.29, 1.82) is 0 Å². The fourth-order valence-electron chi connectivity index (χ4n) is 3.85. The average Bonchev–Trinajstić information content (AvgIpc) is 2.99. The molecule has 0 saturated carbocycles. The Morgan fingerprint density at radius 2 is 0.846 bits per heavy atom. The third-order valence-corrected chi connectivity index (χ3v) is 5.00. The zero-order valence-electron chi connectivity index (χ0n) is 15.0. The number of benzene rings is 2. The van der Waals surface area contributed by atoms with Crippen LogP contribution in [0.15, 0.2) is 43.4 Å². The molecule has 0 aliphatic carbocycles. The van der Waals surface area contributed by atoms with Gasteiger partial charge in [-0.1, -0.05) is 12.1 Å². The van der Waals surface area contributed by atoms with Crippen LogP contribution in [0, 0.1) is 0 Å². The number of hydrogen-bond acceptors (Lipinski definition) is 4. The van der Waals surface area contributed by atoms with Gasteiger partial charge in [-0.15, -0.1) is 0 Å². The van der Waals surface area contributed by atoms with Crippen LogP contribution in [0.25, 0.3) is 32.3 Å². The minimum Gasteiger partial charge on any atom is -0.272 e. The lowest BCUT2D eigenvalue weighted by atomic mass is 10.0. The van der Waals surface area contributed by atoms with Crippen LogP contribution in [-0.2, 0) is 0 Å². The maximum atomic E-state index is 12.8. The lowest BCUT2D eigenvalue weighted by Gasteiger charge is -2.02. The first-order valence-electron chi connectivity index (χ1n) is 8.61. The molecule has 2 aromatic heterocycles. The van der Waals surface area contributed by atoms with Gasteiger partial charge in [0.15, 0.2) is 0 Å². The highest BCUT2D eigenvalue weighted by Gasteiger charge is 2.21. The topological polar surface area (TPSA) is 78.1 Å². The molecule has 132 valence electrons. The van der Waals surface area contributed by atoms with Crippen molar-refractivity contribution < 1.29 is 0 Å². The summed E-state index contributed by atoms with van der Waals surface area (Å²) in [6.45, 7) is 7.13. The zero-order valence-corrected chi connectivity index (χ0v) is 15.0. The first-order valence-corrected chi connectivity index (χ1v) is 8.61. The molecule has 0 atom stereocenters. The van der Waals surface area contributed by atoms with Crippen molar-refractivity contribution >= 4 is 32.3 Å². The van der Waals surface area contributed by atoms with Gasteiger partial charge in [0.25, 0.3) is 22.2 Å². The van der Waals surface area contributed by atoms with E-state index in [-0.39, 0.29) is 34.3 Å². The fraction of sp³-hybridized carbons (Fsp3) is 0.300. The minimum absolute atomic E-state index is 0.258. The van der Waals surface area contributed by atoms with E-state index in [1.807, 2.05) is 0 Å². The molecule has 0 spiro atoms. The number of nitrogens with zero attached hydrogens (tertiary/aromatic N) is 2. The molecular weight excluding hydrogens is 332 g/mol.